The van der Waals surface area contributed by atoms with Gasteiger partial charge in [0, 0.05) is 0 Å². The van der Waals surface area contributed by atoms with Gasteiger partial charge in [-0.25, -0.2) is 4.39 Å². The molecule has 2 aromatic rings. The minimum absolute atomic E-state index is 0.0224. The molecule has 1 unspecified atom stereocenters. The van der Waals surface area contributed by atoms with Crippen molar-refractivity contribution in [2.24, 2.45) is 0 Å². The summed E-state index contributed by atoms with van der Waals surface area (Å²) >= 11 is 6.39. The normalized spacial score (nSPS) is 15.0. The highest BCUT2D eigenvalue weighted by molar-refractivity contribution is 6.22. The summed E-state index contributed by atoms with van der Waals surface area (Å²) in [5.74, 6) is 0.127. The van der Waals surface area contributed by atoms with Crippen LogP contribution in [0.3, 0.4) is 0 Å². The van der Waals surface area contributed by atoms with Gasteiger partial charge in [0.05, 0.1) is 11.1 Å². The molecule has 0 spiro atoms. The van der Waals surface area contributed by atoms with Crippen molar-refractivity contribution in [3.05, 3.63) is 59.4 Å². The zero-order chi connectivity index (χ0) is 14.1. The summed E-state index contributed by atoms with van der Waals surface area (Å²) in [6.07, 6.45) is 0. The Hall–Kier alpha value is -2.07. The molecule has 5 heteroatoms. The van der Waals surface area contributed by atoms with E-state index >= 15 is 0 Å². The van der Waals surface area contributed by atoms with Gasteiger partial charge in [0.15, 0.2) is 6.61 Å². The van der Waals surface area contributed by atoms with E-state index in [2.05, 4.69) is 5.32 Å². The standard InChI is InChI=1S/C15H11ClFNO2/c16-15(9-1-4-11(17)5-2-9)10-3-6-13-12(7-10)18-14(19)8-20-13/h1-7,15H,8H2,(H,18,19). The number of carbonyl (C=O) groups is 1. The van der Waals surface area contributed by atoms with E-state index in [1.165, 1.54) is 12.1 Å². The minimum atomic E-state index is -0.417. The Morgan fingerprint density at radius 2 is 1.85 bits per heavy atom. The van der Waals surface area contributed by atoms with Crippen LogP contribution in [0.1, 0.15) is 16.5 Å². The molecule has 3 nitrogen and oxygen atoms in total. The van der Waals surface area contributed by atoms with Crippen LogP contribution >= 0.6 is 11.6 Å². The highest BCUT2D eigenvalue weighted by atomic mass is 35.5. The van der Waals surface area contributed by atoms with Gasteiger partial charge in [0.25, 0.3) is 5.91 Å². The van der Waals surface area contributed by atoms with E-state index in [-0.39, 0.29) is 18.3 Å². The molecule has 102 valence electrons. The van der Waals surface area contributed by atoms with E-state index in [4.69, 9.17) is 16.3 Å². The second kappa shape index (κ2) is 5.13. The molecule has 1 heterocycles. The molecule has 0 fully saturated rings. The fourth-order valence-electron chi connectivity index (χ4n) is 2.08. The molecule has 0 aromatic heterocycles. The molecule has 2 aromatic carbocycles. The number of ether oxygens (including phenoxy) is 1. The molecule has 1 aliphatic rings. The van der Waals surface area contributed by atoms with Crippen molar-refractivity contribution in [2.45, 2.75) is 5.38 Å². The zero-order valence-corrected chi connectivity index (χ0v) is 11.2. The molecule has 0 saturated carbocycles. The van der Waals surface area contributed by atoms with Gasteiger partial charge < -0.3 is 10.1 Å². The molecule has 1 aliphatic heterocycles. The van der Waals surface area contributed by atoms with E-state index in [1.54, 1.807) is 24.3 Å². The molecular formula is C15H11ClFNO2. The molecular weight excluding hydrogens is 281 g/mol. The number of alkyl halides is 1. The smallest absolute Gasteiger partial charge is 0.262 e. The highest BCUT2D eigenvalue weighted by Gasteiger charge is 2.18. The summed E-state index contributed by atoms with van der Waals surface area (Å²) in [4.78, 5) is 11.3. The largest absolute Gasteiger partial charge is 0.482 e. The number of rotatable bonds is 2. The maximum absolute atomic E-state index is 12.9. The van der Waals surface area contributed by atoms with Crippen molar-refractivity contribution in [1.82, 2.24) is 0 Å². The third-order valence-corrected chi connectivity index (χ3v) is 3.60. The van der Waals surface area contributed by atoms with Gasteiger partial charge >= 0.3 is 0 Å². The van der Waals surface area contributed by atoms with Crippen LogP contribution in [-0.4, -0.2) is 12.5 Å². The second-order valence-electron chi connectivity index (χ2n) is 4.51. The molecule has 0 radical (unpaired) electrons. The molecule has 0 bridgehead atoms. The SMILES string of the molecule is O=C1COc2ccc(C(Cl)c3ccc(F)cc3)cc2N1. The van der Waals surface area contributed by atoms with Crippen LogP contribution in [0.2, 0.25) is 0 Å². The Bertz CT molecular complexity index is 657. The Kier molecular flexibility index (Phi) is 3.32. The first-order chi connectivity index (χ1) is 9.63. The third kappa shape index (κ3) is 2.47. The molecule has 1 atom stereocenters. The van der Waals surface area contributed by atoms with Gasteiger partial charge in [-0.05, 0) is 35.4 Å². The maximum Gasteiger partial charge on any atom is 0.262 e. The van der Waals surface area contributed by atoms with Crippen molar-refractivity contribution in [3.63, 3.8) is 0 Å². The van der Waals surface area contributed by atoms with E-state index in [9.17, 15) is 9.18 Å². The van der Waals surface area contributed by atoms with Crippen LogP contribution < -0.4 is 10.1 Å². The summed E-state index contributed by atoms with van der Waals surface area (Å²) in [5.41, 5.74) is 2.20. The van der Waals surface area contributed by atoms with E-state index in [0.29, 0.717) is 11.4 Å². The average molecular weight is 292 g/mol. The van der Waals surface area contributed by atoms with Crippen LogP contribution in [-0.2, 0) is 4.79 Å². The van der Waals surface area contributed by atoms with E-state index < -0.39 is 5.38 Å². The van der Waals surface area contributed by atoms with E-state index in [0.717, 1.165) is 11.1 Å². The zero-order valence-electron chi connectivity index (χ0n) is 10.4. The minimum Gasteiger partial charge on any atom is -0.482 e. The molecule has 0 saturated heterocycles. The Morgan fingerprint density at radius 3 is 2.60 bits per heavy atom. The summed E-state index contributed by atoms with van der Waals surface area (Å²) in [7, 11) is 0. The fourth-order valence-corrected chi connectivity index (χ4v) is 2.36. The number of fused-ring (bicyclic) bond motifs is 1. The summed E-state index contributed by atoms with van der Waals surface area (Å²) in [6, 6.07) is 11.4. The number of carbonyl (C=O) groups excluding carboxylic acids is 1. The van der Waals surface area contributed by atoms with Crippen LogP contribution in [0, 0.1) is 5.82 Å². The number of amides is 1. The average Bonchev–Trinajstić information content (AvgIpc) is 2.46. The topological polar surface area (TPSA) is 38.3 Å². The Morgan fingerprint density at radius 1 is 1.15 bits per heavy atom. The Labute approximate surface area is 120 Å². The lowest BCUT2D eigenvalue weighted by Crippen LogP contribution is -2.25. The first-order valence-electron chi connectivity index (χ1n) is 6.09. The first-order valence-corrected chi connectivity index (χ1v) is 6.53. The number of halogens is 2. The number of anilines is 1. The summed E-state index contributed by atoms with van der Waals surface area (Å²) in [6.45, 7) is 0.0224. The lowest BCUT2D eigenvalue weighted by atomic mass is 10.0. The molecule has 1 N–H and O–H groups in total. The fraction of sp³-hybridized carbons (Fsp3) is 0.133. The molecule has 1 amide bonds. The molecule has 0 aliphatic carbocycles. The summed E-state index contributed by atoms with van der Waals surface area (Å²) < 4.78 is 18.2. The maximum atomic E-state index is 12.9. The van der Waals surface area contributed by atoms with Crippen molar-refractivity contribution < 1.29 is 13.9 Å². The lowest BCUT2D eigenvalue weighted by molar-refractivity contribution is -0.118. The predicted octanol–water partition coefficient (Wildman–Crippen LogP) is 3.48. The predicted molar refractivity (Wildman–Crippen MR) is 74.7 cm³/mol. The van der Waals surface area contributed by atoms with Crippen molar-refractivity contribution in [3.8, 4) is 5.75 Å². The van der Waals surface area contributed by atoms with Gasteiger partial charge in [0.2, 0.25) is 0 Å². The number of nitrogens with one attached hydrogen (secondary N) is 1. The van der Waals surface area contributed by atoms with Gasteiger partial charge in [-0.2, -0.15) is 0 Å². The van der Waals surface area contributed by atoms with Crippen molar-refractivity contribution in [1.29, 1.82) is 0 Å². The van der Waals surface area contributed by atoms with Gasteiger partial charge in [-0.3, -0.25) is 4.79 Å². The van der Waals surface area contributed by atoms with Crippen molar-refractivity contribution >= 4 is 23.2 Å². The number of hydrogen-bond donors (Lipinski definition) is 1. The van der Waals surface area contributed by atoms with Crippen LogP contribution in [0.25, 0.3) is 0 Å². The highest BCUT2D eigenvalue weighted by Crippen LogP contribution is 2.35. The van der Waals surface area contributed by atoms with Crippen molar-refractivity contribution in [2.75, 3.05) is 11.9 Å². The van der Waals surface area contributed by atoms with Gasteiger partial charge in [-0.1, -0.05) is 18.2 Å². The first kappa shape index (κ1) is 12.9. The quantitative estimate of drug-likeness (QED) is 0.860. The van der Waals surface area contributed by atoms with Gasteiger partial charge in [-0.15, -0.1) is 11.6 Å². The second-order valence-corrected chi connectivity index (χ2v) is 4.94. The monoisotopic (exact) mass is 291 g/mol. The van der Waals surface area contributed by atoms with Crippen LogP contribution in [0.4, 0.5) is 10.1 Å². The van der Waals surface area contributed by atoms with Gasteiger partial charge in [0.1, 0.15) is 11.6 Å². The lowest BCUT2D eigenvalue weighted by Gasteiger charge is -2.20. The van der Waals surface area contributed by atoms with Crippen LogP contribution in [0.5, 0.6) is 5.75 Å². The number of benzene rings is 2. The van der Waals surface area contributed by atoms with E-state index in [1.807, 2.05) is 6.07 Å². The molecule has 3 rings (SSSR count). The third-order valence-electron chi connectivity index (χ3n) is 3.09. The molecule has 20 heavy (non-hydrogen) atoms. The summed E-state index contributed by atoms with van der Waals surface area (Å²) in [5, 5.41) is 2.32. The van der Waals surface area contributed by atoms with Crippen LogP contribution in [0.15, 0.2) is 42.5 Å². The number of hydrogen-bond acceptors (Lipinski definition) is 2. The Balaban J connectivity index is 1.92.